The van der Waals surface area contributed by atoms with Gasteiger partial charge in [-0.3, -0.25) is 13.7 Å². The Labute approximate surface area is 177 Å². The lowest BCUT2D eigenvalue weighted by atomic mass is 10.2. The first-order valence-corrected chi connectivity index (χ1v) is 11.1. The van der Waals surface area contributed by atoms with E-state index in [0.717, 1.165) is 10.6 Å². The van der Waals surface area contributed by atoms with Gasteiger partial charge in [-0.25, -0.2) is 13.2 Å². The molecule has 0 bridgehead atoms. The van der Waals surface area contributed by atoms with Crippen molar-refractivity contribution in [3.05, 3.63) is 59.2 Å². The highest BCUT2D eigenvalue weighted by Crippen LogP contribution is 2.37. The Balaban J connectivity index is 1.79. The molecule has 0 fully saturated rings. The van der Waals surface area contributed by atoms with E-state index in [2.05, 4.69) is 0 Å². The highest BCUT2D eigenvalue weighted by atomic mass is 35.5. The first-order valence-electron chi connectivity index (χ1n) is 8.87. The first-order chi connectivity index (χ1) is 14.2. The van der Waals surface area contributed by atoms with Gasteiger partial charge < -0.3 is 9.47 Å². The number of fused-ring (bicyclic) bond motifs is 2. The van der Waals surface area contributed by atoms with Crippen LogP contribution < -0.4 is 9.04 Å². The number of rotatable bonds is 3. The number of carbonyl (C=O) groups excluding carboxylic acids is 2. The van der Waals surface area contributed by atoms with Crippen LogP contribution in [-0.2, 0) is 14.8 Å². The Morgan fingerprint density at radius 3 is 2.63 bits per heavy atom. The van der Waals surface area contributed by atoms with Crippen LogP contribution >= 0.6 is 11.6 Å². The fourth-order valence-electron chi connectivity index (χ4n) is 3.46. The van der Waals surface area contributed by atoms with Crippen LogP contribution in [0.15, 0.2) is 48.7 Å². The van der Waals surface area contributed by atoms with Crippen LogP contribution in [-0.4, -0.2) is 50.9 Å². The number of hydrogen-bond acceptors (Lipinski definition) is 6. The third kappa shape index (κ3) is 3.40. The Kier molecular flexibility index (Phi) is 4.95. The molecule has 10 heteroatoms. The van der Waals surface area contributed by atoms with Gasteiger partial charge in [-0.1, -0.05) is 29.8 Å². The third-order valence-corrected chi connectivity index (χ3v) is 6.20. The van der Waals surface area contributed by atoms with E-state index in [9.17, 15) is 18.0 Å². The molecule has 0 N–H and O–H groups in total. The number of methoxy groups -OCH3 is 1. The van der Waals surface area contributed by atoms with Crippen molar-refractivity contribution in [2.75, 3.05) is 24.2 Å². The van der Waals surface area contributed by atoms with Gasteiger partial charge in [0.05, 0.1) is 36.7 Å². The van der Waals surface area contributed by atoms with Gasteiger partial charge in [-0.2, -0.15) is 0 Å². The average molecular weight is 449 g/mol. The maximum atomic E-state index is 13.3. The highest BCUT2D eigenvalue weighted by molar-refractivity contribution is 7.92. The van der Waals surface area contributed by atoms with Crippen molar-refractivity contribution in [1.82, 2.24) is 4.57 Å². The molecule has 2 heterocycles. The number of anilines is 1. The summed E-state index contributed by atoms with van der Waals surface area (Å²) in [5.74, 6) is -0.880. The molecule has 8 nitrogen and oxygen atoms in total. The molecule has 1 aliphatic heterocycles. The number of aromatic nitrogens is 1. The van der Waals surface area contributed by atoms with Gasteiger partial charge in [0.1, 0.15) is 5.75 Å². The molecule has 1 atom stereocenters. The van der Waals surface area contributed by atoms with Gasteiger partial charge in [0.15, 0.2) is 6.10 Å². The van der Waals surface area contributed by atoms with Gasteiger partial charge in [-0.05, 0) is 24.3 Å². The van der Waals surface area contributed by atoms with Crippen LogP contribution in [0, 0.1) is 0 Å². The molecule has 0 spiro atoms. The van der Waals surface area contributed by atoms with Crippen LogP contribution in [0.1, 0.15) is 15.2 Å². The zero-order valence-electron chi connectivity index (χ0n) is 16.0. The number of benzene rings is 2. The lowest BCUT2D eigenvalue weighted by molar-refractivity contribution is 0.0602. The van der Waals surface area contributed by atoms with Gasteiger partial charge in [0, 0.05) is 16.6 Å². The summed E-state index contributed by atoms with van der Waals surface area (Å²) < 4.78 is 37.7. The summed E-state index contributed by atoms with van der Waals surface area (Å²) in [7, 11) is -2.44. The van der Waals surface area contributed by atoms with Crippen LogP contribution in [0.4, 0.5) is 5.69 Å². The van der Waals surface area contributed by atoms with E-state index >= 15 is 0 Å². The summed E-state index contributed by atoms with van der Waals surface area (Å²) in [6, 6.07) is 11.4. The molecule has 30 heavy (non-hydrogen) atoms. The molecule has 2 aromatic carbocycles. The number of esters is 1. The Morgan fingerprint density at radius 2 is 1.93 bits per heavy atom. The fraction of sp³-hybridized carbons (Fsp3) is 0.200. The Hall–Kier alpha value is -3.04. The van der Waals surface area contributed by atoms with Crippen molar-refractivity contribution in [2.24, 2.45) is 0 Å². The highest BCUT2D eigenvalue weighted by Gasteiger charge is 2.36. The number of nitrogens with zero attached hydrogens (tertiary/aromatic N) is 2. The number of sulfonamides is 1. The number of halogens is 1. The molecular formula is C20H17ClN2O6S. The minimum atomic E-state index is -3.70. The van der Waals surface area contributed by atoms with Gasteiger partial charge in [0.25, 0.3) is 5.91 Å². The van der Waals surface area contributed by atoms with E-state index in [1.807, 2.05) is 0 Å². The normalized spacial score (nSPS) is 16.1. The standard InChI is InChI=1S/C20H17ClN2O6S/c1-28-20(25)14-10-22(15-6-4-3-5-13(14)15)19(24)18-11-23(30(2,26)27)16-9-12(21)7-8-17(16)29-18/h3-10,18H,11H2,1-2H3. The Morgan fingerprint density at radius 1 is 1.20 bits per heavy atom. The van der Waals surface area contributed by atoms with Crippen LogP contribution in [0.25, 0.3) is 10.9 Å². The molecule has 1 aromatic heterocycles. The predicted molar refractivity (Wildman–Crippen MR) is 112 cm³/mol. The number of ether oxygens (including phenoxy) is 2. The molecule has 0 amide bonds. The fourth-order valence-corrected chi connectivity index (χ4v) is 4.53. The molecule has 0 saturated carbocycles. The molecule has 0 radical (unpaired) electrons. The zero-order chi connectivity index (χ0) is 21.6. The summed E-state index contributed by atoms with van der Waals surface area (Å²) in [5.41, 5.74) is 0.977. The quantitative estimate of drug-likeness (QED) is 0.572. The van der Waals surface area contributed by atoms with Crippen molar-refractivity contribution in [3.8, 4) is 5.75 Å². The van der Waals surface area contributed by atoms with Crippen molar-refractivity contribution in [1.29, 1.82) is 0 Å². The molecular weight excluding hydrogens is 432 g/mol. The van der Waals surface area contributed by atoms with E-state index < -0.39 is 28.0 Å². The summed E-state index contributed by atoms with van der Waals surface area (Å²) in [5, 5.41) is 0.885. The number of para-hydroxylation sites is 1. The predicted octanol–water partition coefficient (Wildman–Crippen LogP) is 2.95. The SMILES string of the molecule is COC(=O)c1cn(C(=O)C2CN(S(C)(=O)=O)c3cc(Cl)ccc3O2)c2ccccc12. The van der Waals surface area contributed by atoms with E-state index in [1.54, 1.807) is 30.3 Å². The monoisotopic (exact) mass is 448 g/mol. The van der Waals surface area contributed by atoms with Gasteiger partial charge in [-0.15, -0.1) is 0 Å². The average Bonchev–Trinajstić information content (AvgIpc) is 3.11. The van der Waals surface area contributed by atoms with Crippen molar-refractivity contribution in [2.45, 2.75) is 6.10 Å². The minimum Gasteiger partial charge on any atom is -0.476 e. The number of hydrogen-bond donors (Lipinski definition) is 0. The zero-order valence-corrected chi connectivity index (χ0v) is 17.6. The molecule has 1 unspecified atom stereocenters. The van der Waals surface area contributed by atoms with Crippen molar-refractivity contribution < 1.29 is 27.5 Å². The largest absolute Gasteiger partial charge is 0.476 e. The maximum absolute atomic E-state index is 13.3. The van der Waals surface area contributed by atoms with Gasteiger partial charge in [0.2, 0.25) is 10.0 Å². The van der Waals surface area contributed by atoms with Gasteiger partial charge >= 0.3 is 5.97 Å². The topological polar surface area (TPSA) is 94.9 Å². The lowest BCUT2D eigenvalue weighted by Gasteiger charge is -2.34. The van der Waals surface area contributed by atoms with Crippen LogP contribution in [0.5, 0.6) is 5.75 Å². The van der Waals surface area contributed by atoms with E-state index in [4.69, 9.17) is 21.1 Å². The smallest absolute Gasteiger partial charge is 0.340 e. The van der Waals surface area contributed by atoms with Crippen LogP contribution in [0.3, 0.4) is 0 Å². The molecule has 156 valence electrons. The third-order valence-electron chi connectivity index (χ3n) is 4.82. The maximum Gasteiger partial charge on any atom is 0.340 e. The van der Waals surface area contributed by atoms with E-state index in [1.165, 1.54) is 30.0 Å². The summed E-state index contributed by atoms with van der Waals surface area (Å²) in [6.45, 7) is -0.231. The second kappa shape index (κ2) is 7.33. The Bertz CT molecular complexity index is 1280. The minimum absolute atomic E-state index is 0.221. The van der Waals surface area contributed by atoms with E-state index in [-0.39, 0.29) is 23.5 Å². The summed E-state index contributed by atoms with van der Waals surface area (Å²) >= 11 is 6.01. The summed E-state index contributed by atoms with van der Waals surface area (Å²) in [6.07, 6.45) is 1.30. The first kappa shape index (κ1) is 20.2. The molecule has 3 aromatic rings. The van der Waals surface area contributed by atoms with E-state index in [0.29, 0.717) is 15.9 Å². The van der Waals surface area contributed by atoms with Crippen LogP contribution in [0.2, 0.25) is 5.02 Å². The number of carbonyl (C=O) groups is 2. The van der Waals surface area contributed by atoms with Crippen molar-refractivity contribution in [3.63, 3.8) is 0 Å². The summed E-state index contributed by atoms with van der Waals surface area (Å²) in [4.78, 5) is 25.5. The molecule has 0 aliphatic carbocycles. The lowest BCUT2D eigenvalue weighted by Crippen LogP contribution is -2.48. The molecule has 1 aliphatic rings. The van der Waals surface area contributed by atoms with Crippen molar-refractivity contribution >= 4 is 50.1 Å². The second-order valence-electron chi connectivity index (χ2n) is 6.77. The second-order valence-corrected chi connectivity index (χ2v) is 9.12. The molecule has 4 rings (SSSR count). The molecule has 0 saturated heterocycles.